The Morgan fingerprint density at radius 1 is 1.28 bits per heavy atom. The fraction of sp³-hybridized carbons (Fsp3) is 0.571. The number of hydrogen-bond donors (Lipinski definition) is 1. The first kappa shape index (κ1) is 13.6. The van der Waals surface area contributed by atoms with Crippen LogP contribution in [0.1, 0.15) is 31.7 Å². The number of nitrogens with one attached hydrogen (secondary N) is 1. The van der Waals surface area contributed by atoms with Crippen molar-refractivity contribution in [2.75, 3.05) is 18.8 Å². The number of hydrogen-bond acceptors (Lipinski definition) is 3. The van der Waals surface area contributed by atoms with Crippen LogP contribution in [0.25, 0.3) is 0 Å². The van der Waals surface area contributed by atoms with Gasteiger partial charge in [0.15, 0.2) is 9.84 Å². The zero-order valence-electron chi connectivity index (χ0n) is 11.0. The molecule has 1 unspecified atom stereocenters. The first-order valence-corrected chi connectivity index (χ1v) is 8.17. The normalized spacial score (nSPS) is 20.5. The van der Waals surface area contributed by atoms with Gasteiger partial charge in [-0.2, -0.15) is 0 Å². The Morgan fingerprint density at radius 2 is 1.94 bits per heavy atom. The van der Waals surface area contributed by atoms with Crippen molar-refractivity contribution >= 4 is 9.84 Å². The van der Waals surface area contributed by atoms with Gasteiger partial charge in [-0.1, -0.05) is 26.0 Å². The molecule has 0 aromatic heterocycles. The van der Waals surface area contributed by atoms with Crippen LogP contribution in [-0.2, 0) is 9.84 Å². The summed E-state index contributed by atoms with van der Waals surface area (Å²) in [6, 6.07) is 7.33. The molecule has 1 N–H and O–H groups in total. The summed E-state index contributed by atoms with van der Waals surface area (Å²) in [5.74, 6) is 0.960. The summed E-state index contributed by atoms with van der Waals surface area (Å²) in [5.41, 5.74) is 1.18. The summed E-state index contributed by atoms with van der Waals surface area (Å²) < 4.78 is 24.5. The van der Waals surface area contributed by atoms with E-state index in [1.165, 1.54) is 5.56 Å². The SMILES string of the molecule is CC(C)c1ccc(S(=O)(=O)CC2CCNC2)cc1. The van der Waals surface area contributed by atoms with Crippen LogP contribution in [-0.4, -0.2) is 27.3 Å². The molecule has 0 radical (unpaired) electrons. The lowest BCUT2D eigenvalue weighted by molar-refractivity contribution is 0.570. The molecule has 1 heterocycles. The van der Waals surface area contributed by atoms with E-state index in [9.17, 15) is 8.42 Å². The second kappa shape index (κ2) is 5.41. The van der Waals surface area contributed by atoms with Crippen LogP contribution in [0, 0.1) is 5.92 Å². The van der Waals surface area contributed by atoms with Gasteiger partial charge in [-0.25, -0.2) is 8.42 Å². The van der Waals surface area contributed by atoms with Crippen molar-refractivity contribution in [3.05, 3.63) is 29.8 Å². The maximum absolute atomic E-state index is 12.2. The largest absolute Gasteiger partial charge is 0.316 e. The lowest BCUT2D eigenvalue weighted by atomic mass is 10.0. The highest BCUT2D eigenvalue weighted by Crippen LogP contribution is 2.21. The summed E-state index contributed by atoms with van der Waals surface area (Å²) in [5, 5.41) is 3.21. The number of sulfone groups is 1. The Morgan fingerprint density at radius 3 is 2.44 bits per heavy atom. The van der Waals surface area contributed by atoms with Gasteiger partial charge in [0, 0.05) is 0 Å². The molecular formula is C14H21NO2S. The molecule has 0 amide bonds. The average Bonchev–Trinajstić information content (AvgIpc) is 2.81. The molecule has 1 aromatic carbocycles. The molecule has 1 fully saturated rings. The molecule has 18 heavy (non-hydrogen) atoms. The molecule has 1 atom stereocenters. The zero-order chi connectivity index (χ0) is 13.2. The van der Waals surface area contributed by atoms with Crippen molar-refractivity contribution in [3.8, 4) is 0 Å². The van der Waals surface area contributed by atoms with E-state index in [1.807, 2.05) is 12.1 Å². The van der Waals surface area contributed by atoms with E-state index in [4.69, 9.17) is 0 Å². The molecular weight excluding hydrogens is 246 g/mol. The first-order valence-electron chi connectivity index (χ1n) is 6.52. The monoisotopic (exact) mass is 267 g/mol. The molecule has 4 heteroatoms. The van der Waals surface area contributed by atoms with Gasteiger partial charge in [-0.15, -0.1) is 0 Å². The standard InChI is InChI=1S/C14H21NO2S/c1-11(2)13-3-5-14(6-4-13)18(16,17)10-12-7-8-15-9-12/h3-6,11-12,15H,7-10H2,1-2H3. The molecule has 1 aliphatic rings. The summed E-state index contributed by atoms with van der Waals surface area (Å²) in [6.45, 7) is 5.97. The van der Waals surface area contributed by atoms with Gasteiger partial charge in [-0.3, -0.25) is 0 Å². The van der Waals surface area contributed by atoms with Gasteiger partial charge in [0.2, 0.25) is 0 Å². The average molecular weight is 267 g/mol. The third kappa shape index (κ3) is 3.12. The highest BCUT2D eigenvalue weighted by molar-refractivity contribution is 7.91. The van der Waals surface area contributed by atoms with Crippen molar-refractivity contribution in [2.45, 2.75) is 31.1 Å². The van der Waals surface area contributed by atoms with E-state index in [0.29, 0.717) is 10.8 Å². The minimum absolute atomic E-state index is 0.264. The molecule has 0 spiro atoms. The maximum Gasteiger partial charge on any atom is 0.178 e. The maximum atomic E-state index is 12.2. The highest BCUT2D eigenvalue weighted by Gasteiger charge is 2.23. The van der Waals surface area contributed by atoms with E-state index in [1.54, 1.807) is 12.1 Å². The highest BCUT2D eigenvalue weighted by atomic mass is 32.2. The van der Waals surface area contributed by atoms with Crippen molar-refractivity contribution in [1.82, 2.24) is 5.32 Å². The lowest BCUT2D eigenvalue weighted by Gasteiger charge is -2.11. The van der Waals surface area contributed by atoms with Gasteiger partial charge < -0.3 is 5.32 Å². The molecule has 1 aromatic rings. The third-order valence-corrected chi connectivity index (χ3v) is 5.42. The molecule has 1 aliphatic heterocycles. The minimum atomic E-state index is -3.13. The predicted molar refractivity (Wildman–Crippen MR) is 73.6 cm³/mol. The predicted octanol–water partition coefficient (Wildman–Crippen LogP) is 2.19. The van der Waals surface area contributed by atoms with E-state index in [2.05, 4.69) is 19.2 Å². The van der Waals surface area contributed by atoms with Gasteiger partial charge in [0.1, 0.15) is 0 Å². The number of rotatable bonds is 4. The molecule has 0 aliphatic carbocycles. The van der Waals surface area contributed by atoms with Crippen LogP contribution >= 0.6 is 0 Å². The van der Waals surface area contributed by atoms with Gasteiger partial charge in [0.25, 0.3) is 0 Å². The Hall–Kier alpha value is -0.870. The molecule has 0 saturated carbocycles. The topological polar surface area (TPSA) is 46.2 Å². The van der Waals surface area contributed by atoms with Crippen molar-refractivity contribution in [3.63, 3.8) is 0 Å². The summed E-state index contributed by atoms with van der Waals surface area (Å²) >= 11 is 0. The first-order chi connectivity index (χ1) is 8.49. The van der Waals surface area contributed by atoms with Crippen molar-refractivity contribution in [2.24, 2.45) is 5.92 Å². The van der Waals surface area contributed by atoms with E-state index in [-0.39, 0.29) is 11.7 Å². The molecule has 3 nitrogen and oxygen atoms in total. The zero-order valence-corrected chi connectivity index (χ0v) is 11.8. The van der Waals surface area contributed by atoms with E-state index >= 15 is 0 Å². The lowest BCUT2D eigenvalue weighted by Crippen LogP contribution is -2.18. The van der Waals surface area contributed by atoms with Crippen LogP contribution in [0.2, 0.25) is 0 Å². The Labute approximate surface area is 110 Å². The fourth-order valence-electron chi connectivity index (χ4n) is 2.32. The molecule has 2 rings (SSSR count). The summed E-state index contributed by atoms with van der Waals surface area (Å²) in [4.78, 5) is 0.457. The summed E-state index contributed by atoms with van der Waals surface area (Å²) in [7, 11) is -3.13. The Kier molecular flexibility index (Phi) is 4.07. The minimum Gasteiger partial charge on any atom is -0.316 e. The smallest absolute Gasteiger partial charge is 0.178 e. The van der Waals surface area contributed by atoms with Crippen LogP contribution in [0.5, 0.6) is 0 Å². The fourth-order valence-corrected chi connectivity index (χ4v) is 3.97. The molecule has 0 bridgehead atoms. The summed E-state index contributed by atoms with van der Waals surface area (Å²) in [6.07, 6.45) is 0.962. The van der Waals surface area contributed by atoms with E-state index < -0.39 is 9.84 Å². The van der Waals surface area contributed by atoms with Crippen LogP contribution in [0.15, 0.2) is 29.2 Å². The van der Waals surface area contributed by atoms with Gasteiger partial charge in [0.05, 0.1) is 10.6 Å². The van der Waals surface area contributed by atoms with Crippen LogP contribution in [0.3, 0.4) is 0 Å². The van der Waals surface area contributed by atoms with E-state index in [0.717, 1.165) is 19.5 Å². The third-order valence-electron chi connectivity index (χ3n) is 3.52. The van der Waals surface area contributed by atoms with Gasteiger partial charge in [-0.05, 0) is 49.0 Å². The Bertz CT molecular complexity index is 485. The van der Waals surface area contributed by atoms with Crippen LogP contribution in [0.4, 0.5) is 0 Å². The van der Waals surface area contributed by atoms with Crippen LogP contribution < -0.4 is 5.32 Å². The molecule has 100 valence electrons. The quantitative estimate of drug-likeness (QED) is 0.909. The van der Waals surface area contributed by atoms with Gasteiger partial charge >= 0.3 is 0 Å². The second-order valence-corrected chi connectivity index (χ2v) is 7.40. The second-order valence-electron chi connectivity index (χ2n) is 5.36. The number of benzene rings is 1. The Balaban J connectivity index is 2.13. The van der Waals surface area contributed by atoms with Crippen molar-refractivity contribution in [1.29, 1.82) is 0 Å². The van der Waals surface area contributed by atoms with Crippen molar-refractivity contribution < 1.29 is 8.42 Å². The molecule has 1 saturated heterocycles.